The molecule has 0 saturated carbocycles. The molecule has 3 rings (SSSR count). The van der Waals surface area contributed by atoms with Crippen LogP contribution in [0.1, 0.15) is 11.1 Å². The van der Waals surface area contributed by atoms with Gasteiger partial charge in [0.15, 0.2) is 0 Å². The van der Waals surface area contributed by atoms with Gasteiger partial charge in [-0.1, -0.05) is 46.3 Å². The number of alkyl halides is 3. The number of hydrogen-bond donors (Lipinski definition) is 1. The molecule has 0 aliphatic rings. The van der Waals surface area contributed by atoms with E-state index in [2.05, 4.69) is 21.2 Å². The highest BCUT2D eigenvalue weighted by Gasteiger charge is 2.30. The second-order valence-corrected chi connectivity index (χ2v) is 9.55. The minimum absolute atomic E-state index is 0.00796. The first-order valence-electron chi connectivity index (χ1n) is 9.33. The van der Waals surface area contributed by atoms with Gasteiger partial charge in [-0.25, -0.2) is 8.42 Å². The number of halogens is 4. The molecular weight excluding hydrogens is 509 g/mol. The van der Waals surface area contributed by atoms with Crippen LogP contribution < -0.4 is 9.62 Å². The molecular formula is C22H18BrF3N2O3S. The van der Waals surface area contributed by atoms with E-state index in [1.807, 2.05) is 0 Å². The van der Waals surface area contributed by atoms with Gasteiger partial charge >= 0.3 is 6.18 Å². The first-order chi connectivity index (χ1) is 15.1. The highest BCUT2D eigenvalue weighted by atomic mass is 79.9. The number of nitrogens with zero attached hydrogens (tertiary/aromatic N) is 1. The molecule has 0 atom stereocenters. The number of anilines is 1. The van der Waals surface area contributed by atoms with E-state index in [0.717, 1.165) is 20.9 Å². The summed E-state index contributed by atoms with van der Waals surface area (Å²) in [7, 11) is -4.06. The van der Waals surface area contributed by atoms with Crippen molar-refractivity contribution < 1.29 is 26.4 Å². The monoisotopic (exact) mass is 526 g/mol. The van der Waals surface area contributed by atoms with E-state index in [-0.39, 0.29) is 22.7 Å². The van der Waals surface area contributed by atoms with Crippen LogP contribution in [0.3, 0.4) is 0 Å². The highest BCUT2D eigenvalue weighted by molar-refractivity contribution is 9.10. The van der Waals surface area contributed by atoms with Gasteiger partial charge in [0, 0.05) is 11.0 Å². The Morgan fingerprint density at radius 1 is 0.938 bits per heavy atom. The standard InChI is InChI=1S/C22H18BrF3N2O3S/c23-18-9-11-19(12-10-18)28(32(30,31)20-7-2-1-3-8-20)15-21(29)27-14-16-5-4-6-17(13-16)22(24,25)26/h1-13H,14-15H2,(H,27,29). The van der Waals surface area contributed by atoms with Gasteiger partial charge in [0.05, 0.1) is 16.1 Å². The maximum atomic E-state index is 13.2. The van der Waals surface area contributed by atoms with Gasteiger partial charge in [0.25, 0.3) is 10.0 Å². The van der Waals surface area contributed by atoms with Crippen molar-refractivity contribution in [2.75, 3.05) is 10.8 Å². The molecule has 0 bridgehead atoms. The topological polar surface area (TPSA) is 66.5 Å². The zero-order chi connectivity index (χ0) is 23.4. The van der Waals surface area contributed by atoms with Crippen molar-refractivity contribution in [3.05, 3.63) is 94.5 Å². The second kappa shape index (κ2) is 9.74. The Hall–Kier alpha value is -2.85. The minimum Gasteiger partial charge on any atom is -0.350 e. The van der Waals surface area contributed by atoms with E-state index in [9.17, 15) is 26.4 Å². The molecule has 0 aliphatic heterocycles. The number of amides is 1. The number of nitrogens with one attached hydrogen (secondary N) is 1. The summed E-state index contributed by atoms with van der Waals surface area (Å²) >= 11 is 3.28. The smallest absolute Gasteiger partial charge is 0.350 e. The number of benzene rings is 3. The van der Waals surface area contributed by atoms with Gasteiger partial charge in [-0.3, -0.25) is 9.10 Å². The van der Waals surface area contributed by atoms with Crippen LogP contribution in [0.5, 0.6) is 0 Å². The molecule has 0 aromatic heterocycles. The van der Waals surface area contributed by atoms with Crippen LogP contribution in [0.2, 0.25) is 0 Å². The van der Waals surface area contributed by atoms with Crippen LogP contribution in [0.25, 0.3) is 0 Å². The maximum absolute atomic E-state index is 13.2. The normalized spacial score (nSPS) is 11.8. The maximum Gasteiger partial charge on any atom is 0.416 e. The predicted octanol–water partition coefficient (Wildman–Crippen LogP) is 4.98. The Balaban J connectivity index is 1.81. The predicted molar refractivity (Wildman–Crippen MR) is 118 cm³/mol. The Morgan fingerprint density at radius 2 is 1.59 bits per heavy atom. The Labute approximate surface area is 192 Å². The summed E-state index contributed by atoms with van der Waals surface area (Å²) in [5, 5.41) is 2.49. The van der Waals surface area contributed by atoms with Gasteiger partial charge in [-0.05, 0) is 54.1 Å². The lowest BCUT2D eigenvalue weighted by Crippen LogP contribution is -2.40. The molecule has 0 unspecified atom stereocenters. The van der Waals surface area contributed by atoms with Crippen molar-refractivity contribution in [2.45, 2.75) is 17.6 Å². The van der Waals surface area contributed by atoms with Crippen molar-refractivity contribution >= 4 is 37.5 Å². The van der Waals surface area contributed by atoms with Gasteiger partial charge in [0.2, 0.25) is 5.91 Å². The van der Waals surface area contributed by atoms with E-state index in [1.165, 1.54) is 24.3 Å². The zero-order valence-electron chi connectivity index (χ0n) is 16.5. The highest BCUT2D eigenvalue weighted by Crippen LogP contribution is 2.29. The summed E-state index contributed by atoms with van der Waals surface area (Å²) in [6, 6.07) is 18.6. The SMILES string of the molecule is O=C(CN(c1ccc(Br)cc1)S(=O)(=O)c1ccccc1)NCc1cccc(C(F)(F)F)c1. The largest absolute Gasteiger partial charge is 0.416 e. The molecule has 10 heteroatoms. The first kappa shape index (κ1) is 23.8. The van der Waals surface area contributed by atoms with Crippen LogP contribution in [-0.2, 0) is 27.5 Å². The van der Waals surface area contributed by atoms with Crippen LogP contribution in [0, 0.1) is 0 Å². The summed E-state index contributed by atoms with van der Waals surface area (Å²) in [4.78, 5) is 12.6. The zero-order valence-corrected chi connectivity index (χ0v) is 18.9. The van der Waals surface area contributed by atoms with Crippen LogP contribution in [-0.4, -0.2) is 20.9 Å². The van der Waals surface area contributed by atoms with Gasteiger partial charge in [0.1, 0.15) is 6.54 Å². The lowest BCUT2D eigenvalue weighted by molar-refractivity contribution is -0.137. The molecule has 0 saturated heterocycles. The number of hydrogen-bond acceptors (Lipinski definition) is 3. The first-order valence-corrected chi connectivity index (χ1v) is 11.6. The van der Waals surface area contributed by atoms with Crippen molar-refractivity contribution in [3.63, 3.8) is 0 Å². The summed E-state index contributed by atoms with van der Waals surface area (Å²) < 4.78 is 66.7. The Morgan fingerprint density at radius 3 is 2.22 bits per heavy atom. The lowest BCUT2D eigenvalue weighted by Gasteiger charge is -2.24. The summed E-state index contributed by atoms with van der Waals surface area (Å²) in [6.07, 6.45) is -4.50. The molecule has 3 aromatic rings. The quantitative estimate of drug-likeness (QED) is 0.472. The number of rotatable bonds is 7. The van der Waals surface area contributed by atoms with Gasteiger partial charge in [-0.2, -0.15) is 13.2 Å². The summed E-state index contributed by atoms with van der Waals surface area (Å²) in [5.41, 5.74) is -0.312. The summed E-state index contributed by atoms with van der Waals surface area (Å²) in [5.74, 6) is -0.662. The van der Waals surface area contributed by atoms with Gasteiger partial charge < -0.3 is 5.32 Å². The van der Waals surface area contributed by atoms with E-state index in [0.29, 0.717) is 0 Å². The molecule has 168 valence electrons. The molecule has 32 heavy (non-hydrogen) atoms. The van der Waals surface area contributed by atoms with Crippen molar-refractivity contribution in [2.24, 2.45) is 0 Å². The molecule has 0 radical (unpaired) electrons. The van der Waals surface area contributed by atoms with Crippen molar-refractivity contribution in [1.29, 1.82) is 0 Å². The van der Waals surface area contributed by atoms with E-state index in [4.69, 9.17) is 0 Å². The third-order valence-electron chi connectivity index (χ3n) is 4.48. The summed E-state index contributed by atoms with van der Waals surface area (Å²) in [6.45, 7) is -0.722. The van der Waals surface area contributed by atoms with Crippen molar-refractivity contribution in [3.8, 4) is 0 Å². The fourth-order valence-electron chi connectivity index (χ4n) is 2.89. The molecule has 0 fully saturated rings. The number of sulfonamides is 1. The minimum atomic E-state index is -4.50. The van der Waals surface area contributed by atoms with E-state index >= 15 is 0 Å². The number of carbonyl (C=O) groups is 1. The average molecular weight is 527 g/mol. The Kier molecular flexibility index (Phi) is 7.25. The average Bonchev–Trinajstić information content (AvgIpc) is 2.77. The molecule has 0 spiro atoms. The fourth-order valence-corrected chi connectivity index (χ4v) is 4.59. The third-order valence-corrected chi connectivity index (χ3v) is 6.79. The van der Waals surface area contributed by atoms with Gasteiger partial charge in [-0.15, -0.1) is 0 Å². The third kappa shape index (κ3) is 5.89. The van der Waals surface area contributed by atoms with E-state index in [1.54, 1.807) is 42.5 Å². The second-order valence-electron chi connectivity index (χ2n) is 6.78. The molecule has 0 aliphatic carbocycles. The molecule has 3 aromatic carbocycles. The van der Waals surface area contributed by atoms with Crippen LogP contribution in [0.4, 0.5) is 18.9 Å². The van der Waals surface area contributed by atoms with Crippen molar-refractivity contribution in [1.82, 2.24) is 5.32 Å². The number of carbonyl (C=O) groups excluding carboxylic acids is 1. The molecule has 5 nitrogen and oxygen atoms in total. The lowest BCUT2D eigenvalue weighted by atomic mass is 10.1. The molecule has 0 heterocycles. The van der Waals surface area contributed by atoms with E-state index < -0.39 is 34.2 Å². The van der Waals surface area contributed by atoms with Crippen LogP contribution >= 0.6 is 15.9 Å². The molecule has 1 amide bonds. The fraction of sp³-hybridized carbons (Fsp3) is 0.136. The van der Waals surface area contributed by atoms with Crippen LogP contribution in [0.15, 0.2) is 88.2 Å². The Bertz CT molecular complexity index is 1190. The molecule has 1 N–H and O–H groups in total.